The molecule has 2 rings (SSSR count). The summed E-state index contributed by atoms with van der Waals surface area (Å²) in [6.45, 7) is 0.225. The number of benzene rings is 1. The number of ether oxygens (including phenoxy) is 2. The lowest BCUT2D eigenvalue weighted by Gasteiger charge is -2.08. The number of hydrogen-bond acceptors (Lipinski definition) is 7. The second-order valence-corrected chi connectivity index (χ2v) is 5.03. The number of aromatic nitrogens is 3. The molecule has 0 aliphatic carbocycles. The van der Waals surface area contributed by atoms with Crippen LogP contribution in [-0.2, 0) is 18.4 Å². The standard InChI is InChI=1S/C13H15N3O4S/c1-16-11(14-15-13(16)21-8-12(17)18)7-20-10-5-3-4-9(6-10)19-2/h3-6H,7-8H2,1-2H3,(H,17,18)/p-1. The molecule has 1 heterocycles. The number of rotatable bonds is 7. The van der Waals surface area contributed by atoms with E-state index in [1.165, 1.54) is 0 Å². The Morgan fingerprint density at radius 2 is 2.14 bits per heavy atom. The summed E-state index contributed by atoms with van der Waals surface area (Å²) in [6, 6.07) is 7.22. The van der Waals surface area contributed by atoms with Crippen molar-refractivity contribution in [3.05, 3.63) is 30.1 Å². The molecule has 0 atom stereocenters. The summed E-state index contributed by atoms with van der Waals surface area (Å²) in [4.78, 5) is 10.4. The highest BCUT2D eigenvalue weighted by Gasteiger charge is 2.10. The maximum Gasteiger partial charge on any atom is 0.191 e. The average molecular weight is 308 g/mol. The van der Waals surface area contributed by atoms with E-state index in [1.54, 1.807) is 24.8 Å². The van der Waals surface area contributed by atoms with Crippen molar-refractivity contribution >= 4 is 17.7 Å². The lowest BCUT2D eigenvalue weighted by molar-refractivity contribution is -0.301. The first-order chi connectivity index (χ1) is 10.1. The molecule has 1 aromatic carbocycles. The maximum absolute atomic E-state index is 10.4. The van der Waals surface area contributed by atoms with Crippen LogP contribution >= 0.6 is 11.8 Å². The van der Waals surface area contributed by atoms with E-state index in [0.717, 1.165) is 11.8 Å². The third-order valence-corrected chi connectivity index (χ3v) is 3.65. The summed E-state index contributed by atoms with van der Waals surface area (Å²) in [6.07, 6.45) is 0. The van der Waals surface area contributed by atoms with E-state index >= 15 is 0 Å². The fraction of sp³-hybridized carbons (Fsp3) is 0.308. The van der Waals surface area contributed by atoms with Crippen molar-refractivity contribution in [2.45, 2.75) is 11.8 Å². The monoisotopic (exact) mass is 308 g/mol. The topological polar surface area (TPSA) is 89.3 Å². The highest BCUT2D eigenvalue weighted by Crippen LogP contribution is 2.20. The van der Waals surface area contributed by atoms with Crippen LogP contribution in [0.3, 0.4) is 0 Å². The molecule has 0 N–H and O–H groups in total. The van der Waals surface area contributed by atoms with Gasteiger partial charge in [0.15, 0.2) is 11.0 Å². The van der Waals surface area contributed by atoms with E-state index < -0.39 is 5.97 Å². The van der Waals surface area contributed by atoms with E-state index in [4.69, 9.17) is 9.47 Å². The van der Waals surface area contributed by atoms with Crippen LogP contribution in [0.5, 0.6) is 11.5 Å². The van der Waals surface area contributed by atoms with Crippen molar-refractivity contribution < 1.29 is 19.4 Å². The lowest BCUT2D eigenvalue weighted by Crippen LogP contribution is -2.24. The first-order valence-corrected chi connectivity index (χ1v) is 7.06. The van der Waals surface area contributed by atoms with E-state index in [1.807, 2.05) is 18.2 Å². The smallest absolute Gasteiger partial charge is 0.191 e. The summed E-state index contributed by atoms with van der Waals surface area (Å²) in [5.74, 6) is 0.649. The first-order valence-electron chi connectivity index (χ1n) is 6.08. The third-order valence-electron chi connectivity index (χ3n) is 2.65. The van der Waals surface area contributed by atoms with Crippen LogP contribution in [0.15, 0.2) is 29.4 Å². The molecule has 0 unspecified atom stereocenters. The molecule has 0 spiro atoms. The maximum atomic E-state index is 10.4. The zero-order valence-corrected chi connectivity index (χ0v) is 12.4. The van der Waals surface area contributed by atoms with Gasteiger partial charge in [0.1, 0.15) is 18.1 Å². The summed E-state index contributed by atoms with van der Waals surface area (Å²) in [7, 11) is 3.34. The molecular formula is C13H14N3O4S-. The van der Waals surface area contributed by atoms with Crippen molar-refractivity contribution in [3.63, 3.8) is 0 Å². The first kappa shape index (κ1) is 15.2. The van der Waals surface area contributed by atoms with Gasteiger partial charge in [-0.15, -0.1) is 10.2 Å². The summed E-state index contributed by atoms with van der Waals surface area (Å²) in [5, 5.41) is 18.8. The molecule has 0 saturated carbocycles. The predicted molar refractivity (Wildman–Crippen MR) is 74.1 cm³/mol. The molecule has 0 bridgehead atoms. The molecule has 0 aliphatic heterocycles. The lowest BCUT2D eigenvalue weighted by atomic mass is 10.3. The highest BCUT2D eigenvalue weighted by atomic mass is 32.2. The molecule has 0 radical (unpaired) electrons. The van der Waals surface area contributed by atoms with Crippen LogP contribution in [0.1, 0.15) is 5.82 Å². The fourth-order valence-electron chi connectivity index (χ4n) is 1.56. The third kappa shape index (κ3) is 4.12. The molecular weight excluding hydrogens is 294 g/mol. The number of thioether (sulfide) groups is 1. The number of carbonyl (C=O) groups is 1. The molecule has 0 amide bonds. The van der Waals surface area contributed by atoms with Gasteiger partial charge in [0, 0.05) is 18.9 Å². The van der Waals surface area contributed by atoms with Crippen molar-refractivity contribution in [3.8, 4) is 11.5 Å². The predicted octanol–water partition coefficient (Wildman–Crippen LogP) is 0.245. The second-order valence-electron chi connectivity index (χ2n) is 4.09. The molecule has 112 valence electrons. The normalized spacial score (nSPS) is 10.4. The zero-order chi connectivity index (χ0) is 15.2. The van der Waals surface area contributed by atoms with Gasteiger partial charge in [-0.2, -0.15) is 0 Å². The minimum absolute atomic E-state index is 0.164. The van der Waals surface area contributed by atoms with Crippen molar-refractivity contribution in [1.82, 2.24) is 14.8 Å². The SMILES string of the molecule is COc1cccc(OCc2nnc(SCC(=O)[O-])n2C)c1. The van der Waals surface area contributed by atoms with Crippen molar-refractivity contribution in [2.75, 3.05) is 12.9 Å². The number of hydrogen-bond donors (Lipinski definition) is 0. The van der Waals surface area contributed by atoms with Gasteiger partial charge in [0.05, 0.1) is 13.1 Å². The van der Waals surface area contributed by atoms with Gasteiger partial charge >= 0.3 is 0 Å². The van der Waals surface area contributed by atoms with Gasteiger partial charge in [0.2, 0.25) is 0 Å². The molecule has 1 aromatic heterocycles. The van der Waals surface area contributed by atoms with E-state index in [-0.39, 0.29) is 12.4 Å². The van der Waals surface area contributed by atoms with Gasteiger partial charge < -0.3 is 23.9 Å². The fourth-order valence-corrected chi connectivity index (χ4v) is 2.20. The summed E-state index contributed by atoms with van der Waals surface area (Å²) in [5.41, 5.74) is 0. The molecule has 7 nitrogen and oxygen atoms in total. The Bertz CT molecular complexity index is 630. The van der Waals surface area contributed by atoms with Gasteiger partial charge in [-0.05, 0) is 12.1 Å². The van der Waals surface area contributed by atoms with Crippen LogP contribution in [0.25, 0.3) is 0 Å². The molecule has 0 aliphatic rings. The molecule has 2 aromatic rings. The van der Waals surface area contributed by atoms with Crippen molar-refractivity contribution in [2.24, 2.45) is 7.05 Å². The second kappa shape index (κ2) is 6.98. The van der Waals surface area contributed by atoms with E-state index in [0.29, 0.717) is 22.5 Å². The Balaban J connectivity index is 1.98. The van der Waals surface area contributed by atoms with Crippen LogP contribution in [-0.4, -0.2) is 33.6 Å². The molecule has 21 heavy (non-hydrogen) atoms. The molecule has 8 heteroatoms. The molecule has 0 fully saturated rings. The highest BCUT2D eigenvalue weighted by molar-refractivity contribution is 7.99. The Morgan fingerprint density at radius 3 is 2.86 bits per heavy atom. The average Bonchev–Trinajstić information content (AvgIpc) is 2.83. The number of methoxy groups -OCH3 is 1. The van der Waals surface area contributed by atoms with Crippen LogP contribution in [0.2, 0.25) is 0 Å². The number of carboxylic acid groups (broad SMARTS) is 1. The van der Waals surface area contributed by atoms with Crippen LogP contribution in [0.4, 0.5) is 0 Å². The summed E-state index contributed by atoms with van der Waals surface area (Å²) < 4.78 is 12.4. The number of nitrogens with zero attached hydrogens (tertiary/aromatic N) is 3. The zero-order valence-electron chi connectivity index (χ0n) is 11.6. The molecule has 0 saturated heterocycles. The van der Waals surface area contributed by atoms with Gasteiger partial charge in [-0.25, -0.2) is 0 Å². The Kier molecular flexibility index (Phi) is 5.04. The minimum atomic E-state index is -1.14. The van der Waals surface area contributed by atoms with Gasteiger partial charge in [-0.1, -0.05) is 17.8 Å². The van der Waals surface area contributed by atoms with E-state index in [9.17, 15) is 9.90 Å². The number of carbonyl (C=O) groups excluding carboxylic acids is 1. The quantitative estimate of drug-likeness (QED) is 0.677. The van der Waals surface area contributed by atoms with Gasteiger partial charge in [0.25, 0.3) is 0 Å². The Labute approximate surface area is 125 Å². The van der Waals surface area contributed by atoms with E-state index in [2.05, 4.69) is 10.2 Å². The van der Waals surface area contributed by atoms with Gasteiger partial charge in [-0.3, -0.25) is 0 Å². The van der Waals surface area contributed by atoms with Crippen molar-refractivity contribution in [1.29, 1.82) is 0 Å². The summed E-state index contributed by atoms with van der Waals surface area (Å²) >= 11 is 1.06. The van der Waals surface area contributed by atoms with Crippen LogP contribution < -0.4 is 14.6 Å². The number of carboxylic acids is 1. The largest absolute Gasteiger partial charge is 0.549 e. The Morgan fingerprint density at radius 1 is 1.38 bits per heavy atom. The Hall–Kier alpha value is -2.22. The number of aliphatic carboxylic acids is 1. The van der Waals surface area contributed by atoms with Crippen LogP contribution in [0, 0.1) is 0 Å². The minimum Gasteiger partial charge on any atom is -0.549 e.